The maximum atomic E-state index is 13.7. The summed E-state index contributed by atoms with van der Waals surface area (Å²) < 4.78 is 33.9. The van der Waals surface area contributed by atoms with Crippen LogP contribution in [0.3, 0.4) is 0 Å². The maximum absolute atomic E-state index is 13.7. The van der Waals surface area contributed by atoms with Crippen LogP contribution in [0.4, 0.5) is 0 Å². The molecule has 0 aliphatic heterocycles. The Morgan fingerprint density at radius 3 is 1.97 bits per heavy atom. The molecule has 0 atom stereocenters. The van der Waals surface area contributed by atoms with Crippen molar-refractivity contribution in [3.05, 3.63) is 102 Å². The molecule has 1 heterocycles. The van der Waals surface area contributed by atoms with E-state index in [1.807, 2.05) is 67.6 Å². The van der Waals surface area contributed by atoms with Gasteiger partial charge in [0.25, 0.3) is 10.0 Å². The molecule has 5 nitrogen and oxygen atoms in total. The Hall–Kier alpha value is -3.64. The zero-order valence-electron chi connectivity index (χ0n) is 17.9. The van der Waals surface area contributed by atoms with Crippen LogP contribution in [0.5, 0.6) is 0 Å². The maximum Gasteiger partial charge on any atom is 0.303 e. The van der Waals surface area contributed by atoms with Crippen LogP contribution in [0.2, 0.25) is 0 Å². The molecule has 6 heteroatoms. The number of hydrogen-bond donors (Lipinski definition) is 0. The third-order valence-corrected chi connectivity index (χ3v) is 6.92. The normalized spacial score (nSPS) is 11.3. The molecule has 0 saturated carbocycles. The first-order valence-electron chi connectivity index (χ1n) is 10.2. The van der Waals surface area contributed by atoms with Gasteiger partial charge in [-0.3, -0.25) is 4.79 Å². The summed E-state index contributed by atoms with van der Waals surface area (Å²) in [5.41, 5.74) is 4.53. The minimum Gasteiger partial charge on any atom is -0.459 e. The van der Waals surface area contributed by atoms with E-state index < -0.39 is 16.0 Å². The SMILES string of the molecule is CC(=O)OCc1c(-c2ccccc2)c(-c2ccccc2)cn1S(=O)(=O)c1ccc(C)cc1. The number of carbonyl (C=O) groups is 1. The monoisotopic (exact) mass is 445 g/mol. The molecule has 1 aromatic heterocycles. The first-order chi connectivity index (χ1) is 15.4. The highest BCUT2D eigenvalue weighted by molar-refractivity contribution is 7.90. The number of carbonyl (C=O) groups excluding carboxylic acids is 1. The molecule has 0 saturated heterocycles. The van der Waals surface area contributed by atoms with Crippen LogP contribution in [-0.4, -0.2) is 18.4 Å². The highest BCUT2D eigenvalue weighted by Crippen LogP contribution is 2.38. The fourth-order valence-corrected chi connectivity index (χ4v) is 5.02. The summed E-state index contributed by atoms with van der Waals surface area (Å²) in [6.45, 7) is 3.04. The van der Waals surface area contributed by atoms with Crippen molar-refractivity contribution in [3.63, 3.8) is 0 Å². The van der Waals surface area contributed by atoms with E-state index in [4.69, 9.17) is 4.74 Å². The van der Waals surface area contributed by atoms with Crippen LogP contribution >= 0.6 is 0 Å². The average Bonchev–Trinajstić information content (AvgIpc) is 3.19. The van der Waals surface area contributed by atoms with E-state index in [2.05, 4.69) is 0 Å². The molecule has 32 heavy (non-hydrogen) atoms. The predicted molar refractivity (Wildman–Crippen MR) is 125 cm³/mol. The smallest absolute Gasteiger partial charge is 0.303 e. The standard InChI is InChI=1S/C26H23NO4S/c1-19-13-15-23(16-14-19)32(29,30)27-17-24(21-9-5-3-6-10-21)26(22-11-7-4-8-12-22)25(27)18-31-20(2)28/h3-17H,18H2,1-2H3. The highest BCUT2D eigenvalue weighted by atomic mass is 32.2. The Labute approximate surface area is 188 Å². The molecule has 0 aliphatic rings. The molecule has 4 aromatic rings. The van der Waals surface area contributed by atoms with Gasteiger partial charge in [0.15, 0.2) is 0 Å². The van der Waals surface area contributed by atoms with E-state index in [9.17, 15) is 13.2 Å². The third-order valence-electron chi connectivity index (χ3n) is 5.21. The fraction of sp³-hybridized carbons (Fsp3) is 0.115. The van der Waals surface area contributed by atoms with Crippen molar-refractivity contribution in [1.29, 1.82) is 0 Å². The second-order valence-corrected chi connectivity index (χ2v) is 9.31. The number of aromatic nitrogens is 1. The molecule has 0 aliphatic carbocycles. The summed E-state index contributed by atoms with van der Waals surface area (Å²) in [6, 6.07) is 25.8. The van der Waals surface area contributed by atoms with Gasteiger partial charge in [-0.25, -0.2) is 12.4 Å². The van der Waals surface area contributed by atoms with Gasteiger partial charge in [0.1, 0.15) is 6.61 Å². The fourth-order valence-electron chi connectivity index (χ4n) is 3.63. The van der Waals surface area contributed by atoms with E-state index in [-0.39, 0.29) is 11.5 Å². The van der Waals surface area contributed by atoms with Crippen molar-refractivity contribution >= 4 is 16.0 Å². The molecule has 0 radical (unpaired) electrons. The van der Waals surface area contributed by atoms with Crippen molar-refractivity contribution < 1.29 is 17.9 Å². The second kappa shape index (κ2) is 8.85. The van der Waals surface area contributed by atoms with Gasteiger partial charge < -0.3 is 4.74 Å². The Morgan fingerprint density at radius 2 is 1.41 bits per heavy atom. The number of nitrogens with zero attached hydrogens (tertiary/aromatic N) is 1. The summed E-state index contributed by atoms with van der Waals surface area (Å²) in [4.78, 5) is 11.8. The quantitative estimate of drug-likeness (QED) is 0.371. The summed E-state index contributed by atoms with van der Waals surface area (Å²) in [5.74, 6) is -0.481. The number of rotatable bonds is 6. The minimum absolute atomic E-state index is 0.168. The van der Waals surface area contributed by atoms with Gasteiger partial charge in [-0.1, -0.05) is 78.4 Å². The molecule has 4 rings (SSSR count). The summed E-state index contributed by atoms with van der Waals surface area (Å²) in [6.07, 6.45) is 1.62. The lowest BCUT2D eigenvalue weighted by molar-refractivity contribution is -0.142. The van der Waals surface area contributed by atoms with Crippen molar-refractivity contribution in [2.24, 2.45) is 0 Å². The minimum atomic E-state index is -3.93. The Morgan fingerprint density at radius 1 is 0.844 bits per heavy atom. The van der Waals surface area contributed by atoms with Crippen LogP contribution in [0.15, 0.2) is 96.0 Å². The van der Waals surface area contributed by atoms with Crippen molar-refractivity contribution in [2.75, 3.05) is 0 Å². The number of esters is 1. The van der Waals surface area contributed by atoms with Crippen LogP contribution in [0.25, 0.3) is 22.3 Å². The van der Waals surface area contributed by atoms with Crippen LogP contribution in [0, 0.1) is 6.92 Å². The lowest BCUT2D eigenvalue weighted by Crippen LogP contribution is -2.16. The molecular weight excluding hydrogens is 422 g/mol. The van der Waals surface area contributed by atoms with Crippen molar-refractivity contribution in [1.82, 2.24) is 3.97 Å². The largest absolute Gasteiger partial charge is 0.459 e. The van der Waals surface area contributed by atoms with Crippen LogP contribution < -0.4 is 0 Å². The van der Waals surface area contributed by atoms with Gasteiger partial charge in [-0.2, -0.15) is 0 Å². The molecule has 0 N–H and O–H groups in total. The molecule has 3 aromatic carbocycles. The van der Waals surface area contributed by atoms with Gasteiger partial charge in [0.05, 0.1) is 10.6 Å². The van der Waals surface area contributed by atoms with Crippen molar-refractivity contribution in [3.8, 4) is 22.3 Å². The Bertz CT molecular complexity index is 1340. The van der Waals surface area contributed by atoms with Gasteiger partial charge in [0, 0.05) is 24.2 Å². The van der Waals surface area contributed by atoms with Gasteiger partial charge >= 0.3 is 5.97 Å². The molecule has 162 valence electrons. The van der Waals surface area contributed by atoms with Crippen molar-refractivity contribution in [2.45, 2.75) is 25.3 Å². The van der Waals surface area contributed by atoms with Gasteiger partial charge in [-0.15, -0.1) is 0 Å². The lowest BCUT2D eigenvalue weighted by Gasteiger charge is -2.13. The summed E-state index contributed by atoms with van der Waals surface area (Å²) in [5, 5.41) is 0. The number of ether oxygens (including phenoxy) is 1. The first-order valence-corrected chi connectivity index (χ1v) is 11.6. The van der Waals surface area contributed by atoms with Crippen LogP contribution in [-0.2, 0) is 26.2 Å². The van der Waals surface area contributed by atoms with Gasteiger partial charge in [-0.05, 0) is 30.2 Å². The van der Waals surface area contributed by atoms with E-state index in [0.717, 1.165) is 22.3 Å². The van der Waals surface area contributed by atoms with E-state index in [1.54, 1.807) is 30.5 Å². The molecule has 0 bridgehead atoms. The van der Waals surface area contributed by atoms with E-state index in [0.29, 0.717) is 11.3 Å². The Kier molecular flexibility index (Phi) is 5.97. The lowest BCUT2D eigenvalue weighted by atomic mass is 9.97. The number of hydrogen-bond acceptors (Lipinski definition) is 4. The topological polar surface area (TPSA) is 65.4 Å². The molecular formula is C26H23NO4S. The predicted octanol–water partition coefficient (Wildman–Crippen LogP) is 5.43. The Balaban J connectivity index is 2.02. The van der Waals surface area contributed by atoms with Crippen LogP contribution in [0.1, 0.15) is 18.2 Å². The first kappa shape index (κ1) is 21.6. The highest BCUT2D eigenvalue weighted by Gasteiger charge is 2.27. The van der Waals surface area contributed by atoms with E-state index >= 15 is 0 Å². The molecule has 0 unspecified atom stereocenters. The van der Waals surface area contributed by atoms with E-state index in [1.165, 1.54) is 10.9 Å². The molecule has 0 spiro atoms. The average molecular weight is 446 g/mol. The zero-order chi connectivity index (χ0) is 22.7. The summed E-state index contributed by atoms with van der Waals surface area (Å²) in [7, 11) is -3.93. The second-order valence-electron chi connectivity index (χ2n) is 7.49. The number of aryl methyl sites for hydroxylation is 1. The third kappa shape index (κ3) is 4.22. The zero-order valence-corrected chi connectivity index (χ0v) is 18.7. The summed E-state index contributed by atoms with van der Waals surface area (Å²) >= 11 is 0. The molecule has 0 amide bonds. The molecule has 0 fully saturated rings. The number of benzene rings is 3. The van der Waals surface area contributed by atoms with Gasteiger partial charge in [0.2, 0.25) is 0 Å².